The molecule has 98 valence electrons. The van der Waals surface area contributed by atoms with Gasteiger partial charge in [0.15, 0.2) is 0 Å². The molecule has 0 aliphatic heterocycles. The van der Waals surface area contributed by atoms with Crippen LogP contribution in [-0.4, -0.2) is 11.1 Å². The summed E-state index contributed by atoms with van der Waals surface area (Å²) in [5.41, 5.74) is 9.70. The fraction of sp³-hybridized carbons (Fsp3) is 0.133. The topological polar surface area (TPSA) is 75.3 Å². The molecule has 2 rings (SSSR count). The molecule has 0 aliphatic carbocycles. The number of nitrogens with one attached hydrogen (secondary N) is 1. The Morgan fingerprint density at radius 3 is 2.53 bits per heavy atom. The lowest BCUT2D eigenvalue weighted by molar-refractivity contribution is 0.0698. The van der Waals surface area contributed by atoms with Gasteiger partial charge in [0, 0.05) is 17.1 Å². The summed E-state index contributed by atoms with van der Waals surface area (Å²) in [5, 5.41) is 12.3. The van der Waals surface area contributed by atoms with Crippen molar-refractivity contribution < 1.29 is 9.90 Å². The van der Waals surface area contributed by atoms with E-state index in [4.69, 9.17) is 10.8 Å². The first-order valence-corrected chi connectivity index (χ1v) is 5.94. The minimum absolute atomic E-state index is 0.121. The number of aromatic carboxylic acids is 1. The Morgan fingerprint density at radius 1 is 1.16 bits per heavy atom. The van der Waals surface area contributed by atoms with E-state index < -0.39 is 5.97 Å². The molecule has 0 spiro atoms. The molecule has 19 heavy (non-hydrogen) atoms. The van der Waals surface area contributed by atoms with Gasteiger partial charge < -0.3 is 16.2 Å². The molecule has 2 aromatic rings. The van der Waals surface area contributed by atoms with Gasteiger partial charge >= 0.3 is 5.97 Å². The molecule has 0 saturated heterocycles. The molecule has 0 heterocycles. The second-order valence-electron chi connectivity index (χ2n) is 4.55. The van der Waals surface area contributed by atoms with Crippen LogP contribution in [0, 0.1) is 13.8 Å². The number of hydrogen-bond donors (Lipinski definition) is 3. The number of anilines is 3. The monoisotopic (exact) mass is 256 g/mol. The summed E-state index contributed by atoms with van der Waals surface area (Å²) in [6.45, 7) is 3.80. The van der Waals surface area contributed by atoms with E-state index in [9.17, 15) is 4.79 Å². The lowest BCUT2D eigenvalue weighted by atomic mass is 10.1. The fourth-order valence-electron chi connectivity index (χ4n) is 1.94. The lowest BCUT2D eigenvalue weighted by Gasteiger charge is -2.11. The van der Waals surface area contributed by atoms with Crippen molar-refractivity contribution in [1.82, 2.24) is 0 Å². The predicted octanol–water partition coefficient (Wildman–Crippen LogP) is 3.33. The number of benzene rings is 2. The standard InChI is InChI=1S/C15H16N2O2/c1-9-4-3-5-11(6-9)17-12-7-10(2)14(16)13(8-12)15(18)19/h3-8,17H,16H2,1-2H3,(H,18,19). The third-order valence-corrected chi connectivity index (χ3v) is 2.92. The normalized spacial score (nSPS) is 10.2. The van der Waals surface area contributed by atoms with E-state index in [1.54, 1.807) is 13.0 Å². The minimum atomic E-state index is -1.02. The van der Waals surface area contributed by atoms with Gasteiger partial charge in [0.25, 0.3) is 0 Å². The van der Waals surface area contributed by atoms with E-state index in [2.05, 4.69) is 5.32 Å². The van der Waals surface area contributed by atoms with Gasteiger partial charge in [-0.2, -0.15) is 0 Å². The maximum Gasteiger partial charge on any atom is 0.337 e. The van der Waals surface area contributed by atoms with Gasteiger partial charge in [-0.25, -0.2) is 4.79 Å². The Balaban J connectivity index is 2.38. The van der Waals surface area contributed by atoms with Crippen molar-refractivity contribution in [1.29, 1.82) is 0 Å². The molecule has 4 nitrogen and oxygen atoms in total. The maximum absolute atomic E-state index is 11.1. The van der Waals surface area contributed by atoms with Crippen LogP contribution in [0.3, 0.4) is 0 Å². The SMILES string of the molecule is Cc1cccc(Nc2cc(C)c(N)c(C(=O)O)c2)c1. The molecule has 0 bridgehead atoms. The maximum atomic E-state index is 11.1. The number of aryl methyl sites for hydroxylation is 2. The van der Waals surface area contributed by atoms with Crippen LogP contribution in [0.15, 0.2) is 36.4 Å². The van der Waals surface area contributed by atoms with Crippen molar-refractivity contribution in [2.75, 3.05) is 11.1 Å². The van der Waals surface area contributed by atoms with Crippen molar-refractivity contribution in [3.05, 3.63) is 53.1 Å². The van der Waals surface area contributed by atoms with Crippen molar-refractivity contribution >= 4 is 23.0 Å². The highest BCUT2D eigenvalue weighted by Crippen LogP contribution is 2.25. The van der Waals surface area contributed by atoms with Crippen LogP contribution in [-0.2, 0) is 0 Å². The Kier molecular flexibility index (Phi) is 3.42. The molecular weight excluding hydrogens is 240 g/mol. The van der Waals surface area contributed by atoms with E-state index in [1.165, 1.54) is 0 Å². The zero-order valence-corrected chi connectivity index (χ0v) is 10.9. The summed E-state index contributed by atoms with van der Waals surface area (Å²) in [6.07, 6.45) is 0. The summed E-state index contributed by atoms with van der Waals surface area (Å²) < 4.78 is 0. The van der Waals surface area contributed by atoms with Crippen LogP contribution in [0.4, 0.5) is 17.1 Å². The smallest absolute Gasteiger partial charge is 0.337 e. The Labute approximate surface area is 111 Å². The largest absolute Gasteiger partial charge is 0.478 e. The van der Waals surface area contributed by atoms with Gasteiger partial charge in [0.05, 0.1) is 5.56 Å². The molecule has 4 heteroatoms. The van der Waals surface area contributed by atoms with E-state index in [0.29, 0.717) is 5.69 Å². The number of carbonyl (C=O) groups is 1. The van der Waals surface area contributed by atoms with Crippen molar-refractivity contribution in [3.8, 4) is 0 Å². The molecule has 0 radical (unpaired) electrons. The highest BCUT2D eigenvalue weighted by Gasteiger charge is 2.11. The number of hydrogen-bond acceptors (Lipinski definition) is 3. The summed E-state index contributed by atoms with van der Waals surface area (Å²) in [7, 11) is 0. The molecule has 0 fully saturated rings. The van der Waals surface area contributed by atoms with Gasteiger partial charge in [-0.15, -0.1) is 0 Å². The fourth-order valence-corrected chi connectivity index (χ4v) is 1.94. The lowest BCUT2D eigenvalue weighted by Crippen LogP contribution is -2.05. The number of nitrogens with two attached hydrogens (primary N) is 1. The van der Waals surface area contributed by atoms with E-state index in [0.717, 1.165) is 22.5 Å². The molecule has 4 N–H and O–H groups in total. The second-order valence-corrected chi connectivity index (χ2v) is 4.55. The first-order valence-electron chi connectivity index (χ1n) is 5.94. The molecule has 0 unspecified atom stereocenters. The minimum Gasteiger partial charge on any atom is -0.478 e. The third-order valence-electron chi connectivity index (χ3n) is 2.92. The van der Waals surface area contributed by atoms with Crippen LogP contribution in [0.25, 0.3) is 0 Å². The van der Waals surface area contributed by atoms with Crippen LogP contribution >= 0.6 is 0 Å². The Bertz CT molecular complexity index is 636. The second kappa shape index (κ2) is 5.02. The molecule has 0 aromatic heterocycles. The molecule has 0 atom stereocenters. The van der Waals surface area contributed by atoms with E-state index in [1.807, 2.05) is 37.3 Å². The first-order chi connectivity index (χ1) is 8.97. The van der Waals surface area contributed by atoms with E-state index in [-0.39, 0.29) is 5.56 Å². The van der Waals surface area contributed by atoms with Gasteiger partial charge in [-0.3, -0.25) is 0 Å². The molecule has 0 aliphatic rings. The van der Waals surface area contributed by atoms with Crippen LogP contribution in [0.2, 0.25) is 0 Å². The Morgan fingerprint density at radius 2 is 1.89 bits per heavy atom. The van der Waals surface area contributed by atoms with E-state index >= 15 is 0 Å². The highest BCUT2D eigenvalue weighted by molar-refractivity contribution is 5.96. The third kappa shape index (κ3) is 2.85. The number of nitrogen functional groups attached to an aromatic ring is 1. The van der Waals surface area contributed by atoms with Crippen LogP contribution in [0.1, 0.15) is 21.5 Å². The molecule has 0 saturated carbocycles. The summed E-state index contributed by atoms with van der Waals surface area (Å²) >= 11 is 0. The quantitative estimate of drug-likeness (QED) is 0.736. The van der Waals surface area contributed by atoms with Crippen molar-refractivity contribution in [2.24, 2.45) is 0 Å². The van der Waals surface area contributed by atoms with Crippen molar-refractivity contribution in [2.45, 2.75) is 13.8 Å². The zero-order valence-electron chi connectivity index (χ0n) is 10.9. The first kappa shape index (κ1) is 13.0. The Hall–Kier alpha value is -2.49. The number of carboxylic acid groups (broad SMARTS) is 1. The molecular formula is C15H16N2O2. The average Bonchev–Trinajstić information content (AvgIpc) is 2.33. The predicted molar refractivity (Wildman–Crippen MR) is 77.0 cm³/mol. The van der Waals surface area contributed by atoms with Gasteiger partial charge in [-0.05, 0) is 49.2 Å². The van der Waals surface area contributed by atoms with Gasteiger partial charge in [0.1, 0.15) is 0 Å². The molecule has 0 amide bonds. The average molecular weight is 256 g/mol. The number of rotatable bonds is 3. The highest BCUT2D eigenvalue weighted by atomic mass is 16.4. The summed E-state index contributed by atoms with van der Waals surface area (Å²) in [5.74, 6) is -1.02. The van der Waals surface area contributed by atoms with Crippen LogP contribution in [0.5, 0.6) is 0 Å². The molecule has 2 aromatic carbocycles. The van der Waals surface area contributed by atoms with Crippen LogP contribution < -0.4 is 11.1 Å². The van der Waals surface area contributed by atoms with Crippen molar-refractivity contribution in [3.63, 3.8) is 0 Å². The van der Waals surface area contributed by atoms with Gasteiger partial charge in [0.2, 0.25) is 0 Å². The summed E-state index contributed by atoms with van der Waals surface area (Å²) in [4.78, 5) is 11.1. The zero-order chi connectivity index (χ0) is 14.0. The van der Waals surface area contributed by atoms with Gasteiger partial charge in [-0.1, -0.05) is 12.1 Å². The summed E-state index contributed by atoms with van der Waals surface area (Å²) in [6, 6.07) is 11.3. The number of carboxylic acids is 1.